The molecule has 1 atom stereocenters. The summed E-state index contributed by atoms with van der Waals surface area (Å²) >= 11 is 5.68. The van der Waals surface area contributed by atoms with Gasteiger partial charge in [0.15, 0.2) is 5.11 Å². The number of halogens is 1. The van der Waals surface area contributed by atoms with Crippen molar-refractivity contribution < 1.29 is 18.7 Å². The van der Waals surface area contributed by atoms with Crippen molar-refractivity contribution in [2.24, 2.45) is 0 Å². The molecule has 2 amide bonds. The summed E-state index contributed by atoms with van der Waals surface area (Å²) in [6.45, 7) is 3.08. The second-order valence-corrected chi connectivity index (χ2v) is 8.82. The summed E-state index contributed by atoms with van der Waals surface area (Å²) in [6, 6.07) is 22.4. The van der Waals surface area contributed by atoms with Crippen LogP contribution in [0.4, 0.5) is 10.1 Å². The molecule has 36 heavy (non-hydrogen) atoms. The quantitative estimate of drug-likeness (QED) is 0.402. The predicted octanol–water partition coefficient (Wildman–Crippen LogP) is 4.79. The van der Waals surface area contributed by atoms with Crippen molar-refractivity contribution in [1.82, 2.24) is 9.80 Å². The number of hydrogen-bond donors (Lipinski definition) is 1. The monoisotopic (exact) mass is 505 g/mol. The first-order valence-electron chi connectivity index (χ1n) is 11.9. The van der Waals surface area contributed by atoms with Crippen molar-refractivity contribution in [2.75, 3.05) is 18.5 Å². The summed E-state index contributed by atoms with van der Waals surface area (Å²) in [6.07, 6.45) is 0.283. The Balaban J connectivity index is 1.49. The van der Waals surface area contributed by atoms with Gasteiger partial charge in [0.05, 0.1) is 19.6 Å². The molecule has 1 aliphatic rings. The van der Waals surface area contributed by atoms with Crippen LogP contribution < -0.4 is 10.1 Å². The third-order valence-electron chi connectivity index (χ3n) is 6.00. The predicted molar refractivity (Wildman–Crippen MR) is 141 cm³/mol. The van der Waals surface area contributed by atoms with Crippen LogP contribution in [0.2, 0.25) is 0 Å². The molecule has 1 aliphatic heterocycles. The standard InChI is InChI=1S/C28H28FN3O3S/c1-2-35-23-14-12-22(13-15-23)30-26(33)18-25-27(34)32(19-20-8-4-3-5-9-20)28(36)31(25)17-16-21-10-6-7-11-24(21)29/h3-15,25H,2,16-19H2,1H3,(H,30,33)/t25-/m0/s1. The molecule has 1 fully saturated rings. The van der Waals surface area contributed by atoms with E-state index in [9.17, 15) is 14.0 Å². The Hall–Kier alpha value is -3.78. The highest BCUT2D eigenvalue weighted by Crippen LogP contribution is 2.25. The van der Waals surface area contributed by atoms with Crippen molar-refractivity contribution in [2.45, 2.75) is 32.4 Å². The van der Waals surface area contributed by atoms with Crippen LogP contribution in [0.15, 0.2) is 78.9 Å². The molecule has 4 rings (SSSR count). The van der Waals surface area contributed by atoms with E-state index >= 15 is 0 Å². The lowest BCUT2D eigenvalue weighted by molar-refractivity contribution is -0.131. The first-order valence-corrected chi connectivity index (χ1v) is 12.3. The van der Waals surface area contributed by atoms with Gasteiger partial charge in [-0.1, -0.05) is 48.5 Å². The number of nitrogens with one attached hydrogen (secondary N) is 1. The number of anilines is 1. The van der Waals surface area contributed by atoms with Crippen LogP contribution in [0.1, 0.15) is 24.5 Å². The highest BCUT2D eigenvalue weighted by Gasteiger charge is 2.43. The lowest BCUT2D eigenvalue weighted by Gasteiger charge is -2.24. The van der Waals surface area contributed by atoms with E-state index in [4.69, 9.17) is 17.0 Å². The van der Waals surface area contributed by atoms with Gasteiger partial charge in [-0.25, -0.2) is 4.39 Å². The number of amides is 2. The van der Waals surface area contributed by atoms with Gasteiger partial charge in [0, 0.05) is 12.2 Å². The minimum Gasteiger partial charge on any atom is -0.494 e. The Morgan fingerprint density at radius 1 is 1.03 bits per heavy atom. The Labute approximate surface area is 215 Å². The second kappa shape index (κ2) is 11.8. The molecule has 0 aliphatic carbocycles. The largest absolute Gasteiger partial charge is 0.494 e. The van der Waals surface area contributed by atoms with Crippen molar-refractivity contribution >= 4 is 34.8 Å². The lowest BCUT2D eigenvalue weighted by Crippen LogP contribution is -2.39. The molecule has 0 unspecified atom stereocenters. The maximum absolute atomic E-state index is 14.2. The minimum absolute atomic E-state index is 0.0747. The van der Waals surface area contributed by atoms with Crippen LogP contribution in [0, 0.1) is 5.82 Å². The van der Waals surface area contributed by atoms with Crippen LogP contribution in [0.5, 0.6) is 5.75 Å². The average molecular weight is 506 g/mol. The molecule has 1 heterocycles. The van der Waals surface area contributed by atoms with Crippen LogP contribution in [0.25, 0.3) is 0 Å². The number of rotatable bonds is 10. The van der Waals surface area contributed by atoms with Gasteiger partial charge in [0.2, 0.25) is 5.91 Å². The van der Waals surface area contributed by atoms with E-state index in [-0.39, 0.29) is 24.1 Å². The number of benzene rings is 3. The third-order valence-corrected chi connectivity index (χ3v) is 6.45. The summed E-state index contributed by atoms with van der Waals surface area (Å²) in [7, 11) is 0. The Morgan fingerprint density at radius 2 is 1.72 bits per heavy atom. The first kappa shape index (κ1) is 25.3. The molecule has 0 spiro atoms. The Morgan fingerprint density at radius 3 is 2.42 bits per heavy atom. The molecular weight excluding hydrogens is 477 g/mol. The average Bonchev–Trinajstić information content (AvgIpc) is 3.09. The van der Waals surface area contributed by atoms with Crippen molar-refractivity contribution in [3.05, 3.63) is 95.8 Å². The number of thiocarbonyl (C=S) groups is 1. The van der Waals surface area contributed by atoms with E-state index < -0.39 is 6.04 Å². The minimum atomic E-state index is -0.768. The fourth-order valence-corrected chi connectivity index (χ4v) is 4.56. The SMILES string of the molecule is CCOc1ccc(NC(=O)C[C@H]2C(=O)N(Cc3ccccc3)C(=S)N2CCc2ccccc2F)cc1. The van der Waals surface area contributed by atoms with Gasteiger partial charge in [0.25, 0.3) is 5.91 Å². The fraction of sp³-hybridized carbons (Fsp3) is 0.250. The topological polar surface area (TPSA) is 61.9 Å². The number of carbonyl (C=O) groups excluding carboxylic acids is 2. The maximum Gasteiger partial charge on any atom is 0.252 e. The second-order valence-electron chi connectivity index (χ2n) is 8.45. The molecule has 3 aromatic carbocycles. The Bertz CT molecular complexity index is 1220. The molecule has 1 N–H and O–H groups in total. The smallest absolute Gasteiger partial charge is 0.252 e. The normalized spacial score (nSPS) is 15.3. The zero-order chi connectivity index (χ0) is 25.5. The number of nitrogens with zero attached hydrogens (tertiary/aromatic N) is 2. The lowest BCUT2D eigenvalue weighted by atomic mass is 10.1. The van der Waals surface area contributed by atoms with E-state index in [1.54, 1.807) is 47.4 Å². The van der Waals surface area contributed by atoms with Gasteiger partial charge in [-0.05, 0) is 67.0 Å². The molecule has 8 heteroatoms. The fourth-order valence-electron chi connectivity index (χ4n) is 4.19. The van der Waals surface area contributed by atoms with Crippen LogP contribution in [-0.4, -0.2) is 45.9 Å². The third kappa shape index (κ3) is 6.07. The van der Waals surface area contributed by atoms with Gasteiger partial charge in [-0.3, -0.25) is 14.5 Å². The van der Waals surface area contributed by atoms with Crippen LogP contribution in [0.3, 0.4) is 0 Å². The van der Waals surface area contributed by atoms with E-state index in [0.717, 1.165) is 5.56 Å². The highest BCUT2D eigenvalue weighted by molar-refractivity contribution is 7.80. The summed E-state index contributed by atoms with van der Waals surface area (Å²) in [4.78, 5) is 29.6. The molecule has 186 valence electrons. The van der Waals surface area contributed by atoms with Crippen molar-refractivity contribution in [3.63, 3.8) is 0 Å². The van der Waals surface area contributed by atoms with Gasteiger partial charge in [0.1, 0.15) is 17.6 Å². The van der Waals surface area contributed by atoms with Crippen molar-refractivity contribution in [3.8, 4) is 5.75 Å². The molecule has 3 aromatic rings. The molecule has 6 nitrogen and oxygen atoms in total. The Kier molecular flexibility index (Phi) is 8.28. The first-order chi connectivity index (χ1) is 17.5. The molecular formula is C28H28FN3O3S. The van der Waals surface area contributed by atoms with Gasteiger partial charge < -0.3 is 15.0 Å². The number of ether oxygens (including phenoxy) is 1. The zero-order valence-corrected chi connectivity index (χ0v) is 20.8. The summed E-state index contributed by atoms with van der Waals surface area (Å²) in [5, 5.41) is 3.19. The number of carbonyl (C=O) groups is 2. The molecule has 0 radical (unpaired) electrons. The van der Waals surface area contributed by atoms with Gasteiger partial charge >= 0.3 is 0 Å². The summed E-state index contributed by atoms with van der Waals surface area (Å²) < 4.78 is 19.7. The maximum atomic E-state index is 14.2. The van der Waals surface area contributed by atoms with E-state index in [1.165, 1.54) is 11.0 Å². The highest BCUT2D eigenvalue weighted by atomic mass is 32.1. The van der Waals surface area contributed by atoms with Crippen LogP contribution >= 0.6 is 12.2 Å². The molecule has 0 bridgehead atoms. The molecule has 0 saturated carbocycles. The van der Waals surface area contributed by atoms with Gasteiger partial charge in [-0.2, -0.15) is 0 Å². The van der Waals surface area contributed by atoms with Crippen molar-refractivity contribution in [1.29, 1.82) is 0 Å². The molecule has 0 aromatic heterocycles. The van der Waals surface area contributed by atoms with E-state index in [1.807, 2.05) is 37.3 Å². The van der Waals surface area contributed by atoms with Gasteiger partial charge in [-0.15, -0.1) is 0 Å². The summed E-state index contributed by atoms with van der Waals surface area (Å²) in [5.74, 6) is -0.139. The van der Waals surface area contributed by atoms with E-state index in [0.29, 0.717) is 48.2 Å². The van der Waals surface area contributed by atoms with Crippen LogP contribution in [-0.2, 0) is 22.6 Å². The van der Waals surface area contributed by atoms with E-state index in [2.05, 4.69) is 5.32 Å². The number of hydrogen-bond acceptors (Lipinski definition) is 4. The molecule has 1 saturated heterocycles. The summed E-state index contributed by atoms with van der Waals surface area (Å²) in [5.41, 5.74) is 2.07. The zero-order valence-electron chi connectivity index (χ0n) is 20.0.